The van der Waals surface area contributed by atoms with E-state index in [4.69, 9.17) is 9.88 Å². The molecule has 4 nitrogen and oxygen atoms in total. The molecule has 1 aliphatic carbocycles. The fourth-order valence-corrected chi connectivity index (χ4v) is 3.13. The van der Waals surface area contributed by atoms with Gasteiger partial charge in [-0.3, -0.25) is 0 Å². The Morgan fingerprint density at radius 1 is 1.10 bits per heavy atom. The fourth-order valence-electron chi connectivity index (χ4n) is 2.47. The summed E-state index contributed by atoms with van der Waals surface area (Å²) in [6.45, 7) is 0. The van der Waals surface area contributed by atoms with Gasteiger partial charge in [0.05, 0.1) is 12.0 Å². The molecule has 0 unspecified atom stereocenters. The maximum absolute atomic E-state index is 12.6. The number of nitrogens with two attached hydrogens (primary N) is 1. The van der Waals surface area contributed by atoms with Gasteiger partial charge in [-0.1, -0.05) is 12.1 Å². The van der Waals surface area contributed by atoms with Crippen molar-refractivity contribution in [1.29, 1.82) is 0 Å². The second-order valence-corrected chi connectivity index (χ2v) is 6.65. The smallest absolute Gasteiger partial charge is 0.391 e. The van der Waals surface area contributed by atoms with Crippen LogP contribution in [0.4, 0.5) is 13.2 Å². The molecule has 1 aromatic rings. The third-order valence-corrected chi connectivity index (χ3v) is 4.54. The molecule has 0 aromatic heterocycles. The van der Waals surface area contributed by atoms with E-state index in [0.29, 0.717) is 0 Å². The normalized spacial score (nSPS) is 23.8. The molecule has 0 radical (unpaired) electrons. The SMILES string of the molecule is NS(=O)(=O)c1ccccc1OC1CCC(C(F)(F)F)CC1. The lowest BCUT2D eigenvalue weighted by molar-refractivity contribution is -0.185. The van der Waals surface area contributed by atoms with Gasteiger partial charge in [0.15, 0.2) is 0 Å². The molecule has 2 N–H and O–H groups in total. The van der Waals surface area contributed by atoms with Gasteiger partial charge in [-0.25, -0.2) is 13.6 Å². The zero-order chi connectivity index (χ0) is 15.7. The van der Waals surface area contributed by atoms with E-state index < -0.39 is 28.2 Å². The summed E-state index contributed by atoms with van der Waals surface area (Å²) in [7, 11) is -3.92. The standard InChI is InChI=1S/C13H16F3NO3S/c14-13(15,16)9-5-7-10(8-6-9)20-11-3-1-2-4-12(11)21(17,18)19/h1-4,9-10H,5-8H2,(H2,17,18,19). The fraction of sp³-hybridized carbons (Fsp3) is 0.538. The number of ether oxygens (including phenoxy) is 1. The molecule has 0 spiro atoms. The number of rotatable bonds is 3. The molecular weight excluding hydrogens is 307 g/mol. The van der Waals surface area contributed by atoms with Gasteiger partial charge in [0.25, 0.3) is 0 Å². The average Bonchev–Trinajstić information content (AvgIpc) is 2.37. The minimum absolute atomic E-state index is 0.00823. The average molecular weight is 323 g/mol. The Morgan fingerprint density at radius 2 is 1.67 bits per heavy atom. The van der Waals surface area contributed by atoms with Gasteiger partial charge in [-0.15, -0.1) is 0 Å². The number of alkyl halides is 3. The first-order valence-corrected chi connectivity index (χ1v) is 8.08. The van der Waals surface area contributed by atoms with E-state index in [2.05, 4.69) is 0 Å². The van der Waals surface area contributed by atoms with Crippen LogP contribution in [0.5, 0.6) is 5.75 Å². The van der Waals surface area contributed by atoms with Gasteiger partial charge < -0.3 is 4.74 Å². The third kappa shape index (κ3) is 4.10. The van der Waals surface area contributed by atoms with Crippen LogP contribution in [0.3, 0.4) is 0 Å². The van der Waals surface area contributed by atoms with Crippen LogP contribution in [0, 0.1) is 5.92 Å². The highest BCUT2D eigenvalue weighted by Crippen LogP contribution is 2.38. The molecule has 0 heterocycles. The van der Waals surface area contributed by atoms with Crippen LogP contribution in [0.15, 0.2) is 29.2 Å². The van der Waals surface area contributed by atoms with Crippen LogP contribution in [0.25, 0.3) is 0 Å². The van der Waals surface area contributed by atoms with Crippen molar-refractivity contribution in [2.45, 2.75) is 42.9 Å². The summed E-state index contributed by atoms with van der Waals surface area (Å²) < 4.78 is 66.1. The van der Waals surface area contributed by atoms with Crippen LogP contribution in [0.1, 0.15) is 25.7 Å². The van der Waals surface area contributed by atoms with Crippen molar-refractivity contribution in [3.8, 4) is 5.75 Å². The molecule has 1 aromatic carbocycles. The predicted molar refractivity (Wildman–Crippen MR) is 70.2 cm³/mol. The number of benzene rings is 1. The first kappa shape index (κ1) is 16.1. The monoisotopic (exact) mass is 323 g/mol. The summed E-state index contributed by atoms with van der Waals surface area (Å²) >= 11 is 0. The van der Waals surface area contributed by atoms with Crippen molar-refractivity contribution >= 4 is 10.0 Å². The molecule has 21 heavy (non-hydrogen) atoms. The van der Waals surface area contributed by atoms with E-state index in [1.165, 1.54) is 18.2 Å². The summed E-state index contributed by atoms with van der Waals surface area (Å²) in [6.07, 6.45) is -4.14. The molecule has 1 aliphatic rings. The highest BCUT2D eigenvalue weighted by Gasteiger charge is 2.41. The van der Waals surface area contributed by atoms with E-state index in [1.54, 1.807) is 6.07 Å². The lowest BCUT2D eigenvalue weighted by Crippen LogP contribution is -2.32. The topological polar surface area (TPSA) is 69.4 Å². The zero-order valence-corrected chi connectivity index (χ0v) is 12.0. The molecule has 0 amide bonds. The van der Waals surface area contributed by atoms with Crippen molar-refractivity contribution in [2.75, 3.05) is 0 Å². The van der Waals surface area contributed by atoms with Crippen LogP contribution in [-0.2, 0) is 10.0 Å². The van der Waals surface area contributed by atoms with E-state index in [9.17, 15) is 21.6 Å². The van der Waals surface area contributed by atoms with Gasteiger partial charge in [0.1, 0.15) is 10.6 Å². The zero-order valence-electron chi connectivity index (χ0n) is 11.1. The van der Waals surface area contributed by atoms with E-state index >= 15 is 0 Å². The van der Waals surface area contributed by atoms with Crippen LogP contribution in [0.2, 0.25) is 0 Å². The van der Waals surface area contributed by atoms with Crippen molar-refractivity contribution in [3.63, 3.8) is 0 Å². The van der Waals surface area contributed by atoms with Crippen LogP contribution in [-0.4, -0.2) is 20.7 Å². The van der Waals surface area contributed by atoms with E-state index in [-0.39, 0.29) is 36.3 Å². The maximum atomic E-state index is 12.6. The Kier molecular flexibility index (Phi) is 4.48. The molecule has 2 rings (SSSR count). The summed E-state index contributed by atoms with van der Waals surface area (Å²) in [5, 5.41) is 5.09. The molecule has 0 saturated heterocycles. The second kappa shape index (κ2) is 5.84. The van der Waals surface area contributed by atoms with E-state index in [1.807, 2.05) is 0 Å². The number of hydrogen-bond donors (Lipinski definition) is 1. The predicted octanol–water partition coefficient (Wildman–Crippen LogP) is 2.83. The molecule has 0 atom stereocenters. The van der Waals surface area contributed by atoms with Gasteiger partial charge in [0, 0.05) is 0 Å². The maximum Gasteiger partial charge on any atom is 0.391 e. The minimum Gasteiger partial charge on any atom is -0.489 e. The summed E-state index contributed by atoms with van der Waals surface area (Å²) in [4.78, 5) is -0.150. The summed E-state index contributed by atoms with van der Waals surface area (Å²) in [6, 6.07) is 5.86. The number of sulfonamides is 1. The highest BCUT2D eigenvalue weighted by molar-refractivity contribution is 7.89. The molecule has 118 valence electrons. The first-order valence-electron chi connectivity index (χ1n) is 6.53. The lowest BCUT2D eigenvalue weighted by Gasteiger charge is -2.30. The Morgan fingerprint density at radius 3 is 2.19 bits per heavy atom. The molecule has 1 fully saturated rings. The largest absolute Gasteiger partial charge is 0.489 e. The molecule has 0 aliphatic heterocycles. The number of para-hydroxylation sites is 1. The molecular formula is C13H16F3NO3S. The quantitative estimate of drug-likeness (QED) is 0.930. The Balaban J connectivity index is 2.05. The van der Waals surface area contributed by atoms with Crippen molar-refractivity contribution in [2.24, 2.45) is 11.1 Å². The number of halogens is 3. The van der Waals surface area contributed by atoms with Crippen LogP contribution < -0.4 is 9.88 Å². The van der Waals surface area contributed by atoms with Crippen molar-refractivity contribution in [3.05, 3.63) is 24.3 Å². The van der Waals surface area contributed by atoms with Crippen molar-refractivity contribution < 1.29 is 26.3 Å². The molecule has 1 saturated carbocycles. The van der Waals surface area contributed by atoms with Gasteiger partial charge >= 0.3 is 6.18 Å². The highest BCUT2D eigenvalue weighted by atomic mass is 32.2. The lowest BCUT2D eigenvalue weighted by atomic mass is 9.87. The van der Waals surface area contributed by atoms with Gasteiger partial charge in [0.2, 0.25) is 10.0 Å². The Labute approximate surface area is 121 Å². The first-order chi connectivity index (χ1) is 9.68. The Hall–Kier alpha value is -1.28. The second-order valence-electron chi connectivity index (χ2n) is 5.12. The molecule has 8 heteroatoms. The van der Waals surface area contributed by atoms with Crippen LogP contribution >= 0.6 is 0 Å². The number of primary sulfonamides is 1. The minimum atomic E-state index is -4.18. The Bertz CT molecular complexity index is 593. The van der Waals surface area contributed by atoms with Gasteiger partial charge in [-0.05, 0) is 37.8 Å². The summed E-state index contributed by atoms with van der Waals surface area (Å²) in [5.41, 5.74) is 0. The molecule has 0 bridgehead atoms. The third-order valence-electron chi connectivity index (χ3n) is 3.59. The van der Waals surface area contributed by atoms with Crippen molar-refractivity contribution in [1.82, 2.24) is 0 Å². The number of hydrogen-bond acceptors (Lipinski definition) is 3. The summed E-state index contributed by atoms with van der Waals surface area (Å²) in [5.74, 6) is -1.21. The van der Waals surface area contributed by atoms with Gasteiger partial charge in [-0.2, -0.15) is 13.2 Å². The van der Waals surface area contributed by atoms with E-state index in [0.717, 1.165) is 0 Å².